The van der Waals surface area contributed by atoms with Crippen LogP contribution in [0.25, 0.3) is 11.3 Å². The quantitative estimate of drug-likeness (QED) is 0.767. The fourth-order valence-corrected chi connectivity index (χ4v) is 3.22. The van der Waals surface area contributed by atoms with Gasteiger partial charge in [0.25, 0.3) is 0 Å². The monoisotopic (exact) mass is 344 g/mol. The third-order valence-corrected chi connectivity index (χ3v) is 4.72. The minimum absolute atomic E-state index is 0.109. The minimum atomic E-state index is -3.99. The van der Waals surface area contributed by atoms with Crippen molar-refractivity contribution >= 4 is 10.0 Å². The van der Waals surface area contributed by atoms with E-state index in [9.17, 15) is 12.8 Å². The van der Waals surface area contributed by atoms with Gasteiger partial charge in [-0.25, -0.2) is 17.5 Å². The normalized spacial score (nSPS) is 11.4. The summed E-state index contributed by atoms with van der Waals surface area (Å²) < 4.78 is 40.6. The average molecular weight is 344 g/mol. The molecule has 3 aromatic rings. The number of hydrogen-bond acceptors (Lipinski definition) is 5. The van der Waals surface area contributed by atoms with Crippen molar-refractivity contribution in [2.45, 2.75) is 11.4 Å². The number of hydrogen-bond donors (Lipinski definition) is 1. The van der Waals surface area contributed by atoms with Crippen molar-refractivity contribution in [3.63, 3.8) is 0 Å². The summed E-state index contributed by atoms with van der Waals surface area (Å²) in [4.78, 5) is 11.9. The van der Waals surface area contributed by atoms with Crippen LogP contribution in [0.5, 0.6) is 0 Å². The van der Waals surface area contributed by atoms with E-state index in [1.165, 1.54) is 30.6 Å². The smallest absolute Gasteiger partial charge is 0.243 e. The van der Waals surface area contributed by atoms with Gasteiger partial charge in [0, 0.05) is 30.4 Å². The summed E-state index contributed by atoms with van der Waals surface area (Å²) in [6.07, 6.45) is 6.21. The van der Waals surface area contributed by atoms with Gasteiger partial charge in [-0.2, -0.15) is 0 Å². The molecule has 122 valence electrons. The molecule has 0 fully saturated rings. The van der Waals surface area contributed by atoms with Gasteiger partial charge in [0.15, 0.2) is 0 Å². The zero-order valence-corrected chi connectivity index (χ0v) is 13.2. The van der Waals surface area contributed by atoms with Crippen LogP contribution in [0.2, 0.25) is 0 Å². The third-order valence-electron chi connectivity index (χ3n) is 3.28. The lowest BCUT2D eigenvalue weighted by Crippen LogP contribution is -2.25. The van der Waals surface area contributed by atoms with Crippen molar-refractivity contribution in [1.29, 1.82) is 0 Å². The van der Waals surface area contributed by atoms with Crippen LogP contribution in [0, 0.1) is 5.82 Å². The summed E-state index contributed by atoms with van der Waals surface area (Å²) in [5.74, 6) is -0.807. The SMILES string of the molecule is O=S(=O)(NCc1nccnc1-c1ccncc1)c1ccccc1F. The lowest BCUT2D eigenvalue weighted by molar-refractivity contribution is 0.556. The number of benzene rings is 1. The number of aromatic nitrogens is 3. The lowest BCUT2D eigenvalue weighted by atomic mass is 10.1. The third kappa shape index (κ3) is 3.44. The van der Waals surface area contributed by atoms with Crippen LogP contribution in [-0.4, -0.2) is 23.4 Å². The first-order valence-corrected chi connectivity index (χ1v) is 8.51. The molecule has 3 rings (SSSR count). The summed E-state index contributed by atoms with van der Waals surface area (Å²) in [5, 5.41) is 0. The van der Waals surface area contributed by atoms with Crippen LogP contribution in [0.1, 0.15) is 5.69 Å². The van der Waals surface area contributed by atoms with Crippen LogP contribution < -0.4 is 4.72 Å². The van der Waals surface area contributed by atoms with Gasteiger partial charge in [0.1, 0.15) is 10.7 Å². The van der Waals surface area contributed by atoms with Crippen LogP contribution in [0.15, 0.2) is 66.1 Å². The Hall–Kier alpha value is -2.71. The lowest BCUT2D eigenvalue weighted by Gasteiger charge is -2.10. The first kappa shape index (κ1) is 16.2. The molecule has 24 heavy (non-hydrogen) atoms. The first-order valence-electron chi connectivity index (χ1n) is 7.02. The fourth-order valence-electron chi connectivity index (χ4n) is 2.15. The Kier molecular flexibility index (Phi) is 4.59. The molecule has 0 atom stereocenters. The van der Waals surface area contributed by atoms with E-state index in [-0.39, 0.29) is 6.54 Å². The standard InChI is InChI=1S/C16H13FN4O2S/c17-13-3-1-2-4-15(13)24(22,23)21-11-14-16(20-10-9-19-14)12-5-7-18-8-6-12/h1-10,21H,11H2. The van der Waals surface area contributed by atoms with E-state index in [4.69, 9.17) is 0 Å². The molecule has 0 bridgehead atoms. The number of nitrogens with zero attached hydrogens (tertiary/aromatic N) is 3. The van der Waals surface area contributed by atoms with Crippen molar-refractivity contribution < 1.29 is 12.8 Å². The molecule has 0 aliphatic carbocycles. The molecular weight excluding hydrogens is 331 g/mol. The molecule has 0 spiro atoms. The Balaban J connectivity index is 1.87. The number of pyridine rings is 1. The highest BCUT2D eigenvalue weighted by molar-refractivity contribution is 7.89. The molecule has 0 saturated heterocycles. The van der Waals surface area contributed by atoms with Crippen molar-refractivity contribution in [2.75, 3.05) is 0 Å². The predicted octanol–water partition coefficient (Wildman–Crippen LogP) is 2.16. The predicted molar refractivity (Wildman–Crippen MR) is 85.7 cm³/mol. The van der Waals surface area contributed by atoms with Crippen molar-refractivity contribution in [3.8, 4) is 11.3 Å². The summed E-state index contributed by atoms with van der Waals surface area (Å²) in [6, 6.07) is 8.69. The summed E-state index contributed by atoms with van der Waals surface area (Å²) in [5.41, 5.74) is 1.73. The van der Waals surface area contributed by atoms with E-state index in [0.29, 0.717) is 11.4 Å². The van der Waals surface area contributed by atoms with E-state index in [1.54, 1.807) is 24.5 Å². The minimum Gasteiger partial charge on any atom is -0.265 e. The van der Waals surface area contributed by atoms with Crippen molar-refractivity contribution in [2.24, 2.45) is 0 Å². The van der Waals surface area contributed by atoms with E-state index >= 15 is 0 Å². The highest BCUT2D eigenvalue weighted by atomic mass is 32.2. The van der Waals surface area contributed by atoms with Gasteiger partial charge >= 0.3 is 0 Å². The molecule has 2 heterocycles. The van der Waals surface area contributed by atoms with E-state index < -0.39 is 20.7 Å². The zero-order chi connectivity index (χ0) is 17.0. The topological polar surface area (TPSA) is 84.8 Å². The van der Waals surface area contributed by atoms with Gasteiger partial charge in [0.2, 0.25) is 10.0 Å². The largest absolute Gasteiger partial charge is 0.265 e. The van der Waals surface area contributed by atoms with Crippen LogP contribution >= 0.6 is 0 Å². The second-order valence-corrected chi connectivity index (χ2v) is 6.58. The van der Waals surface area contributed by atoms with Crippen LogP contribution in [-0.2, 0) is 16.6 Å². The van der Waals surface area contributed by atoms with E-state index in [0.717, 1.165) is 11.6 Å². The number of halogens is 1. The number of nitrogens with one attached hydrogen (secondary N) is 1. The Bertz CT molecular complexity index is 949. The highest BCUT2D eigenvalue weighted by Crippen LogP contribution is 2.19. The van der Waals surface area contributed by atoms with Gasteiger partial charge in [-0.3, -0.25) is 15.0 Å². The molecule has 6 nitrogen and oxygen atoms in total. The Morgan fingerprint density at radius 1 is 0.958 bits per heavy atom. The van der Waals surface area contributed by atoms with Crippen molar-refractivity contribution in [1.82, 2.24) is 19.7 Å². The molecule has 0 amide bonds. The molecule has 2 aromatic heterocycles. The molecule has 0 radical (unpaired) electrons. The molecule has 0 aliphatic heterocycles. The van der Waals surface area contributed by atoms with E-state index in [2.05, 4.69) is 19.7 Å². The Morgan fingerprint density at radius 3 is 2.42 bits per heavy atom. The summed E-state index contributed by atoms with van der Waals surface area (Å²) in [6.45, 7) is -0.109. The molecule has 0 aliphatic rings. The van der Waals surface area contributed by atoms with Crippen LogP contribution in [0.4, 0.5) is 4.39 Å². The molecule has 0 unspecified atom stereocenters. The maximum absolute atomic E-state index is 13.7. The zero-order valence-electron chi connectivity index (χ0n) is 12.4. The maximum Gasteiger partial charge on any atom is 0.243 e. The first-order chi connectivity index (χ1) is 11.6. The van der Waals surface area contributed by atoms with Gasteiger partial charge in [-0.1, -0.05) is 12.1 Å². The molecule has 1 N–H and O–H groups in total. The number of sulfonamides is 1. The van der Waals surface area contributed by atoms with Gasteiger partial charge in [-0.05, 0) is 24.3 Å². The molecule has 8 heteroatoms. The summed E-state index contributed by atoms with van der Waals surface area (Å²) >= 11 is 0. The number of rotatable bonds is 5. The Morgan fingerprint density at radius 2 is 1.67 bits per heavy atom. The fraction of sp³-hybridized carbons (Fsp3) is 0.0625. The molecule has 0 saturated carbocycles. The second kappa shape index (κ2) is 6.81. The molecule has 1 aromatic carbocycles. The van der Waals surface area contributed by atoms with Crippen molar-refractivity contribution in [3.05, 3.63) is 72.7 Å². The van der Waals surface area contributed by atoms with Crippen LogP contribution in [0.3, 0.4) is 0 Å². The van der Waals surface area contributed by atoms with Gasteiger partial charge in [-0.15, -0.1) is 0 Å². The maximum atomic E-state index is 13.7. The second-order valence-electron chi connectivity index (χ2n) is 4.84. The van der Waals surface area contributed by atoms with E-state index in [1.807, 2.05) is 0 Å². The van der Waals surface area contributed by atoms with Gasteiger partial charge < -0.3 is 0 Å². The average Bonchev–Trinajstić information content (AvgIpc) is 2.61. The summed E-state index contributed by atoms with van der Waals surface area (Å²) in [7, 11) is -3.99. The Labute approximate surface area is 138 Å². The molecular formula is C16H13FN4O2S. The van der Waals surface area contributed by atoms with Gasteiger partial charge in [0.05, 0.1) is 17.9 Å². The highest BCUT2D eigenvalue weighted by Gasteiger charge is 2.19.